The minimum absolute atomic E-state index is 0.171. The van der Waals surface area contributed by atoms with Crippen LogP contribution in [0.2, 0.25) is 0 Å². The van der Waals surface area contributed by atoms with E-state index in [0.717, 1.165) is 61.8 Å². The summed E-state index contributed by atoms with van der Waals surface area (Å²) in [4.78, 5) is 14.9. The molecular weight excluding hydrogens is 671 g/mol. The SMILES string of the molecule is CC1(C)c2ccccc2-c2cc3c(cc21)Oc1ccccc1C31c2ccccc2C=Cc2ccc(-c3nc(-c4ccccc4)cc(-c4cccnc4)n3)cc21. The molecule has 4 nitrogen and oxygen atoms in total. The maximum atomic E-state index is 6.99. The second-order valence-electron chi connectivity index (χ2n) is 15.2. The minimum atomic E-state index is -0.727. The summed E-state index contributed by atoms with van der Waals surface area (Å²) in [6.45, 7) is 4.65. The molecule has 0 N–H and O–H groups in total. The lowest BCUT2D eigenvalue weighted by Gasteiger charge is -2.43. The summed E-state index contributed by atoms with van der Waals surface area (Å²) in [5, 5.41) is 0. The van der Waals surface area contributed by atoms with Crippen molar-refractivity contribution in [2.75, 3.05) is 0 Å². The van der Waals surface area contributed by atoms with Crippen LogP contribution in [0.1, 0.15) is 58.4 Å². The van der Waals surface area contributed by atoms with Gasteiger partial charge in [-0.25, -0.2) is 9.97 Å². The van der Waals surface area contributed by atoms with Gasteiger partial charge < -0.3 is 4.74 Å². The highest BCUT2D eigenvalue weighted by Crippen LogP contribution is 2.61. The molecular formula is C51H35N3O. The third-order valence-electron chi connectivity index (χ3n) is 11.9. The normalized spacial score (nSPS) is 16.5. The number of aromatic nitrogens is 3. The molecule has 0 amide bonds. The maximum Gasteiger partial charge on any atom is 0.160 e. The van der Waals surface area contributed by atoms with Crippen molar-refractivity contribution >= 4 is 12.2 Å². The van der Waals surface area contributed by atoms with Crippen molar-refractivity contribution in [1.29, 1.82) is 0 Å². The molecule has 0 radical (unpaired) electrons. The van der Waals surface area contributed by atoms with Crippen molar-refractivity contribution in [3.8, 4) is 56.5 Å². The Morgan fingerprint density at radius 2 is 1.15 bits per heavy atom. The zero-order chi connectivity index (χ0) is 36.7. The number of fused-ring (bicyclic) bond motifs is 11. The van der Waals surface area contributed by atoms with Crippen LogP contribution in [-0.4, -0.2) is 15.0 Å². The van der Waals surface area contributed by atoms with E-state index < -0.39 is 5.41 Å². The lowest BCUT2D eigenvalue weighted by Crippen LogP contribution is -2.35. The molecule has 0 fully saturated rings. The molecule has 260 valence electrons. The summed E-state index contributed by atoms with van der Waals surface area (Å²) in [6, 6.07) is 54.1. The van der Waals surface area contributed by atoms with Crippen molar-refractivity contribution in [3.63, 3.8) is 0 Å². The average Bonchev–Trinajstić information content (AvgIpc) is 3.36. The highest BCUT2D eigenvalue weighted by atomic mass is 16.5. The Morgan fingerprint density at radius 1 is 0.455 bits per heavy atom. The second-order valence-corrected chi connectivity index (χ2v) is 15.2. The van der Waals surface area contributed by atoms with E-state index in [1.54, 1.807) is 6.20 Å². The van der Waals surface area contributed by atoms with Crippen LogP contribution >= 0.6 is 0 Å². The van der Waals surface area contributed by atoms with Crippen LogP contribution in [0.4, 0.5) is 0 Å². The number of hydrogen-bond acceptors (Lipinski definition) is 4. The first kappa shape index (κ1) is 31.6. The van der Waals surface area contributed by atoms with E-state index in [9.17, 15) is 0 Å². The first-order valence-electron chi connectivity index (χ1n) is 18.8. The molecule has 11 rings (SSSR count). The molecule has 0 saturated heterocycles. The van der Waals surface area contributed by atoms with Crippen LogP contribution < -0.4 is 4.74 Å². The van der Waals surface area contributed by atoms with Gasteiger partial charge in [-0.15, -0.1) is 0 Å². The van der Waals surface area contributed by atoms with Crippen LogP contribution in [0.15, 0.2) is 164 Å². The van der Waals surface area contributed by atoms with E-state index in [2.05, 4.69) is 158 Å². The zero-order valence-electron chi connectivity index (χ0n) is 30.5. The van der Waals surface area contributed by atoms with E-state index in [1.165, 1.54) is 33.4 Å². The van der Waals surface area contributed by atoms with Crippen LogP contribution in [-0.2, 0) is 10.8 Å². The van der Waals surface area contributed by atoms with E-state index >= 15 is 0 Å². The Hall–Kier alpha value is -6.91. The number of pyridine rings is 1. The topological polar surface area (TPSA) is 47.9 Å². The fraction of sp³-hybridized carbons (Fsp3) is 0.0784. The minimum Gasteiger partial charge on any atom is -0.457 e. The number of hydrogen-bond donors (Lipinski definition) is 0. The number of rotatable bonds is 3. The van der Waals surface area contributed by atoms with E-state index in [0.29, 0.717) is 5.82 Å². The molecule has 3 heterocycles. The molecule has 55 heavy (non-hydrogen) atoms. The second kappa shape index (κ2) is 11.8. The summed E-state index contributed by atoms with van der Waals surface area (Å²) >= 11 is 0. The number of nitrogens with zero attached hydrogens (tertiary/aromatic N) is 3. The lowest BCUT2D eigenvalue weighted by molar-refractivity contribution is 0.433. The first-order valence-corrected chi connectivity index (χ1v) is 18.8. The molecule has 0 bridgehead atoms. The summed E-state index contributed by atoms with van der Waals surface area (Å²) in [7, 11) is 0. The van der Waals surface area contributed by atoms with Gasteiger partial charge in [-0.2, -0.15) is 0 Å². The molecule has 3 aliphatic rings. The van der Waals surface area contributed by atoms with Gasteiger partial charge in [0.2, 0.25) is 0 Å². The predicted molar refractivity (Wildman–Crippen MR) is 221 cm³/mol. The summed E-state index contributed by atoms with van der Waals surface area (Å²) < 4.78 is 6.99. The van der Waals surface area contributed by atoms with Crippen LogP contribution in [0.5, 0.6) is 11.5 Å². The lowest BCUT2D eigenvalue weighted by atomic mass is 9.61. The Balaban J connectivity index is 1.23. The van der Waals surface area contributed by atoms with E-state index in [1.807, 2.05) is 30.5 Å². The largest absolute Gasteiger partial charge is 0.457 e. The van der Waals surface area contributed by atoms with Crippen molar-refractivity contribution in [1.82, 2.24) is 15.0 Å². The van der Waals surface area contributed by atoms with Gasteiger partial charge >= 0.3 is 0 Å². The third-order valence-corrected chi connectivity index (χ3v) is 11.9. The van der Waals surface area contributed by atoms with Gasteiger partial charge in [0.1, 0.15) is 11.5 Å². The van der Waals surface area contributed by atoms with Crippen molar-refractivity contribution in [2.45, 2.75) is 24.7 Å². The van der Waals surface area contributed by atoms with Gasteiger partial charge in [0, 0.05) is 45.6 Å². The molecule has 1 spiro atoms. The summed E-state index contributed by atoms with van der Waals surface area (Å²) in [5.74, 6) is 2.40. The maximum absolute atomic E-state index is 6.99. The Kier molecular flexibility index (Phi) is 6.78. The zero-order valence-corrected chi connectivity index (χ0v) is 30.5. The number of benzene rings is 6. The van der Waals surface area contributed by atoms with Crippen LogP contribution in [0.3, 0.4) is 0 Å². The Labute approximate surface area is 320 Å². The highest BCUT2D eigenvalue weighted by Gasteiger charge is 2.49. The fourth-order valence-electron chi connectivity index (χ4n) is 9.28. The quantitative estimate of drug-likeness (QED) is 0.184. The smallest absolute Gasteiger partial charge is 0.160 e. The van der Waals surface area contributed by atoms with Gasteiger partial charge in [0.25, 0.3) is 0 Å². The van der Waals surface area contributed by atoms with Crippen molar-refractivity contribution in [3.05, 3.63) is 209 Å². The van der Waals surface area contributed by atoms with E-state index in [-0.39, 0.29) is 5.41 Å². The van der Waals surface area contributed by atoms with Crippen molar-refractivity contribution in [2.24, 2.45) is 0 Å². The molecule has 4 heteroatoms. The van der Waals surface area contributed by atoms with Crippen LogP contribution in [0.25, 0.3) is 57.2 Å². The van der Waals surface area contributed by atoms with Gasteiger partial charge in [-0.3, -0.25) is 4.98 Å². The Bertz CT molecular complexity index is 2820. The van der Waals surface area contributed by atoms with E-state index in [4.69, 9.17) is 14.7 Å². The standard InChI is InChI=1S/C51H35N3O/c1-50(2)40-19-9-7-17-37(40)38-28-44-48(29-43(38)50)55-47-21-11-10-20-41(47)51(44)39-18-8-6-13-32(39)22-23-33-24-25-35(27-42(33)51)49-53-45(34-14-4-3-5-15-34)30-46(54-49)36-16-12-26-52-31-36/h3-31H,1-2H3. The third kappa shape index (κ3) is 4.61. The molecule has 6 aromatic carbocycles. The molecule has 0 saturated carbocycles. The number of para-hydroxylation sites is 1. The molecule has 2 aromatic heterocycles. The monoisotopic (exact) mass is 705 g/mol. The molecule has 1 unspecified atom stereocenters. The molecule has 8 aromatic rings. The molecule has 1 aliphatic heterocycles. The van der Waals surface area contributed by atoms with Crippen LogP contribution in [0, 0.1) is 0 Å². The van der Waals surface area contributed by atoms with Crippen molar-refractivity contribution < 1.29 is 4.74 Å². The molecule has 1 atom stereocenters. The first-order chi connectivity index (χ1) is 27.0. The summed E-state index contributed by atoms with van der Waals surface area (Å²) in [5.41, 5.74) is 15.8. The fourth-order valence-corrected chi connectivity index (χ4v) is 9.28. The molecule has 2 aliphatic carbocycles. The van der Waals surface area contributed by atoms with Gasteiger partial charge in [-0.1, -0.05) is 135 Å². The van der Waals surface area contributed by atoms with Gasteiger partial charge in [0.05, 0.1) is 16.8 Å². The average molecular weight is 706 g/mol. The summed E-state index contributed by atoms with van der Waals surface area (Å²) in [6.07, 6.45) is 8.18. The Morgan fingerprint density at radius 3 is 1.96 bits per heavy atom. The van der Waals surface area contributed by atoms with Gasteiger partial charge in [-0.05, 0) is 87.0 Å². The predicted octanol–water partition coefficient (Wildman–Crippen LogP) is 12.2. The number of ether oxygens (including phenoxy) is 1. The highest BCUT2D eigenvalue weighted by molar-refractivity contribution is 5.88. The van der Waals surface area contributed by atoms with Gasteiger partial charge in [0.15, 0.2) is 5.82 Å².